The molecule has 4 rings (SSSR count). The number of halogens is 1. The molecule has 3 N–H and O–H groups in total. The molecule has 3 aromatic rings. The lowest BCUT2D eigenvalue weighted by Crippen LogP contribution is -2.39. The van der Waals surface area contributed by atoms with E-state index in [9.17, 15) is 14.4 Å². The Morgan fingerprint density at radius 2 is 1.97 bits per heavy atom. The standard InChI is InChI=1S/C22H21ClN4O3/c1-13(28)26-16-3-5-17(6-4-16)27-21(29)11-20(22(27)30)24-9-8-14-12-25-19-7-2-15(23)10-18(14)19/h2-7,10,12,20,24-25H,8-9,11H2,1H3,(H,26,28). The largest absolute Gasteiger partial charge is 0.361 e. The highest BCUT2D eigenvalue weighted by atomic mass is 35.5. The summed E-state index contributed by atoms with van der Waals surface area (Å²) in [6.07, 6.45) is 2.75. The molecule has 0 bridgehead atoms. The summed E-state index contributed by atoms with van der Waals surface area (Å²) in [7, 11) is 0. The molecule has 0 aliphatic carbocycles. The van der Waals surface area contributed by atoms with Crippen LogP contribution in [0.25, 0.3) is 10.9 Å². The van der Waals surface area contributed by atoms with Crippen molar-refractivity contribution < 1.29 is 14.4 Å². The van der Waals surface area contributed by atoms with Crippen molar-refractivity contribution in [3.63, 3.8) is 0 Å². The first-order valence-electron chi connectivity index (χ1n) is 9.66. The molecule has 0 radical (unpaired) electrons. The number of imide groups is 1. The number of aromatic nitrogens is 1. The summed E-state index contributed by atoms with van der Waals surface area (Å²) in [5.41, 5.74) is 3.21. The van der Waals surface area contributed by atoms with Gasteiger partial charge in [0.1, 0.15) is 0 Å². The Kier molecular flexibility index (Phi) is 5.57. The van der Waals surface area contributed by atoms with Crippen LogP contribution in [-0.4, -0.2) is 35.3 Å². The van der Waals surface area contributed by atoms with Crippen LogP contribution in [0.5, 0.6) is 0 Å². The van der Waals surface area contributed by atoms with E-state index in [4.69, 9.17) is 11.6 Å². The summed E-state index contributed by atoms with van der Waals surface area (Å²) in [6.45, 7) is 1.97. The average Bonchev–Trinajstić information content (AvgIpc) is 3.22. The van der Waals surface area contributed by atoms with Crippen LogP contribution >= 0.6 is 11.6 Å². The quantitative estimate of drug-likeness (QED) is 0.529. The van der Waals surface area contributed by atoms with Gasteiger partial charge in [0.2, 0.25) is 11.8 Å². The number of carbonyl (C=O) groups is 3. The maximum atomic E-state index is 12.8. The van der Waals surface area contributed by atoms with E-state index in [-0.39, 0.29) is 24.1 Å². The van der Waals surface area contributed by atoms with Crippen molar-refractivity contribution in [1.29, 1.82) is 0 Å². The van der Waals surface area contributed by atoms with Gasteiger partial charge in [-0.15, -0.1) is 0 Å². The Hall–Kier alpha value is -3.16. The number of rotatable bonds is 6. The second-order valence-electron chi connectivity index (χ2n) is 7.26. The minimum absolute atomic E-state index is 0.117. The van der Waals surface area contributed by atoms with E-state index in [2.05, 4.69) is 15.6 Å². The first kappa shape index (κ1) is 20.1. The third-order valence-electron chi connectivity index (χ3n) is 5.11. The van der Waals surface area contributed by atoms with Gasteiger partial charge in [0, 0.05) is 41.3 Å². The van der Waals surface area contributed by atoms with Crippen LogP contribution in [0.15, 0.2) is 48.7 Å². The van der Waals surface area contributed by atoms with Crippen LogP contribution in [-0.2, 0) is 20.8 Å². The zero-order valence-electron chi connectivity index (χ0n) is 16.4. The Bertz CT molecular complexity index is 1120. The molecule has 0 saturated carbocycles. The van der Waals surface area contributed by atoms with Crippen molar-refractivity contribution in [3.05, 3.63) is 59.2 Å². The van der Waals surface area contributed by atoms with E-state index >= 15 is 0 Å². The monoisotopic (exact) mass is 424 g/mol. The summed E-state index contributed by atoms with van der Waals surface area (Å²) in [5, 5.41) is 7.59. The number of benzene rings is 2. The normalized spacial score (nSPS) is 16.5. The van der Waals surface area contributed by atoms with Gasteiger partial charge in [-0.1, -0.05) is 11.6 Å². The van der Waals surface area contributed by atoms with Gasteiger partial charge in [-0.3, -0.25) is 14.4 Å². The second-order valence-corrected chi connectivity index (χ2v) is 7.70. The molecule has 1 atom stereocenters. The molecule has 2 aromatic carbocycles. The van der Waals surface area contributed by atoms with Crippen molar-refractivity contribution in [2.24, 2.45) is 0 Å². The third-order valence-corrected chi connectivity index (χ3v) is 5.34. The average molecular weight is 425 g/mol. The van der Waals surface area contributed by atoms with E-state index < -0.39 is 6.04 Å². The number of amides is 3. The predicted molar refractivity (Wildman–Crippen MR) is 117 cm³/mol. The topological polar surface area (TPSA) is 94.3 Å². The lowest BCUT2D eigenvalue weighted by Gasteiger charge is -2.16. The third kappa shape index (κ3) is 4.08. The molecule has 1 aliphatic heterocycles. The first-order chi connectivity index (χ1) is 14.4. The number of nitrogens with one attached hydrogen (secondary N) is 3. The molecule has 1 fully saturated rings. The number of carbonyl (C=O) groups excluding carboxylic acids is 3. The van der Waals surface area contributed by atoms with E-state index in [0.717, 1.165) is 16.5 Å². The van der Waals surface area contributed by atoms with Gasteiger partial charge in [0.25, 0.3) is 5.91 Å². The Morgan fingerprint density at radius 1 is 1.20 bits per heavy atom. The summed E-state index contributed by atoms with van der Waals surface area (Å²) in [6, 6.07) is 11.8. The number of fused-ring (bicyclic) bond motifs is 1. The minimum Gasteiger partial charge on any atom is -0.361 e. The molecule has 7 nitrogen and oxygen atoms in total. The van der Waals surface area contributed by atoms with Gasteiger partial charge in [-0.2, -0.15) is 0 Å². The van der Waals surface area contributed by atoms with Crippen molar-refractivity contribution in [3.8, 4) is 0 Å². The van der Waals surface area contributed by atoms with Crippen molar-refractivity contribution in [2.45, 2.75) is 25.8 Å². The molecule has 1 aliphatic rings. The summed E-state index contributed by atoms with van der Waals surface area (Å²) >= 11 is 6.09. The number of aromatic amines is 1. The zero-order valence-corrected chi connectivity index (χ0v) is 17.1. The van der Waals surface area contributed by atoms with Crippen LogP contribution < -0.4 is 15.5 Å². The lowest BCUT2D eigenvalue weighted by atomic mass is 10.1. The van der Waals surface area contributed by atoms with Gasteiger partial charge in [-0.05, 0) is 54.4 Å². The SMILES string of the molecule is CC(=O)Nc1ccc(N2C(=O)CC(NCCc3c[nH]c4ccc(Cl)cc34)C2=O)cc1. The molecule has 0 spiro atoms. The molecule has 3 amide bonds. The summed E-state index contributed by atoms with van der Waals surface area (Å²) in [5.74, 6) is -0.698. The Morgan fingerprint density at radius 3 is 2.70 bits per heavy atom. The van der Waals surface area contributed by atoms with Crippen molar-refractivity contribution in [1.82, 2.24) is 10.3 Å². The number of hydrogen-bond donors (Lipinski definition) is 3. The van der Waals surface area contributed by atoms with E-state index in [1.807, 2.05) is 24.4 Å². The van der Waals surface area contributed by atoms with Gasteiger partial charge < -0.3 is 15.6 Å². The highest BCUT2D eigenvalue weighted by Crippen LogP contribution is 2.25. The fourth-order valence-electron chi connectivity index (χ4n) is 3.70. The summed E-state index contributed by atoms with van der Waals surface area (Å²) < 4.78 is 0. The number of anilines is 2. The maximum Gasteiger partial charge on any atom is 0.251 e. The van der Waals surface area contributed by atoms with Crippen LogP contribution in [0.2, 0.25) is 5.02 Å². The van der Waals surface area contributed by atoms with Crippen molar-refractivity contribution in [2.75, 3.05) is 16.8 Å². The fourth-order valence-corrected chi connectivity index (χ4v) is 3.87. The van der Waals surface area contributed by atoms with Gasteiger partial charge in [0.15, 0.2) is 0 Å². The first-order valence-corrected chi connectivity index (χ1v) is 10.0. The highest BCUT2D eigenvalue weighted by Gasteiger charge is 2.39. The number of H-pyrrole nitrogens is 1. The predicted octanol–water partition coefficient (Wildman–Crippen LogP) is 3.24. The molecular weight excluding hydrogens is 404 g/mol. The second kappa shape index (κ2) is 8.30. The van der Waals surface area contributed by atoms with Crippen LogP contribution in [0, 0.1) is 0 Å². The molecule has 8 heteroatoms. The zero-order chi connectivity index (χ0) is 21.3. The number of nitrogens with zero attached hydrogens (tertiary/aromatic N) is 1. The minimum atomic E-state index is -0.554. The highest BCUT2D eigenvalue weighted by molar-refractivity contribution is 6.31. The van der Waals surface area contributed by atoms with E-state index in [0.29, 0.717) is 29.4 Å². The molecule has 2 heterocycles. The van der Waals surface area contributed by atoms with Crippen molar-refractivity contribution >= 4 is 51.6 Å². The van der Waals surface area contributed by atoms with Gasteiger partial charge >= 0.3 is 0 Å². The molecule has 154 valence electrons. The van der Waals surface area contributed by atoms with E-state index in [1.54, 1.807) is 24.3 Å². The molecule has 1 saturated heterocycles. The lowest BCUT2D eigenvalue weighted by molar-refractivity contribution is -0.121. The molecule has 30 heavy (non-hydrogen) atoms. The van der Waals surface area contributed by atoms with Crippen LogP contribution in [0.4, 0.5) is 11.4 Å². The molecule has 1 unspecified atom stereocenters. The van der Waals surface area contributed by atoms with Gasteiger partial charge in [-0.25, -0.2) is 4.90 Å². The fraction of sp³-hybridized carbons (Fsp3) is 0.227. The van der Waals surface area contributed by atoms with Crippen LogP contribution in [0.1, 0.15) is 18.9 Å². The molecular formula is C22H21ClN4O3. The number of hydrogen-bond acceptors (Lipinski definition) is 4. The Balaban J connectivity index is 1.39. The van der Waals surface area contributed by atoms with Crippen LogP contribution in [0.3, 0.4) is 0 Å². The molecule has 1 aromatic heterocycles. The summed E-state index contributed by atoms with van der Waals surface area (Å²) in [4.78, 5) is 40.8. The van der Waals surface area contributed by atoms with Gasteiger partial charge in [0.05, 0.1) is 18.2 Å². The Labute approximate surface area is 178 Å². The van der Waals surface area contributed by atoms with E-state index in [1.165, 1.54) is 11.8 Å². The smallest absolute Gasteiger partial charge is 0.251 e. The maximum absolute atomic E-state index is 12.8.